The van der Waals surface area contributed by atoms with E-state index in [9.17, 15) is 22.8 Å². The maximum absolute atomic E-state index is 12.4. The lowest BCUT2D eigenvalue weighted by Gasteiger charge is -2.19. The van der Waals surface area contributed by atoms with Gasteiger partial charge in [-0.05, 0) is 45.0 Å². The number of rotatable bonds is 4. The number of halogens is 3. The smallest absolute Gasteiger partial charge is 0.416 e. The quantitative estimate of drug-likeness (QED) is 0.678. The second-order valence-electron chi connectivity index (χ2n) is 5.64. The van der Waals surface area contributed by atoms with Gasteiger partial charge in [0.05, 0.1) is 17.7 Å². The van der Waals surface area contributed by atoms with Gasteiger partial charge < -0.3 is 14.8 Å². The maximum atomic E-state index is 12.4. The van der Waals surface area contributed by atoms with Crippen LogP contribution in [0.2, 0.25) is 0 Å². The monoisotopic (exact) mass is 333 g/mol. The fourth-order valence-electron chi connectivity index (χ4n) is 1.49. The Balaban J connectivity index is 2.39. The van der Waals surface area contributed by atoms with Crippen molar-refractivity contribution in [3.63, 3.8) is 0 Å². The van der Waals surface area contributed by atoms with Gasteiger partial charge in [0, 0.05) is 0 Å². The molecule has 8 heteroatoms. The minimum Gasteiger partial charge on any atom is -0.460 e. The van der Waals surface area contributed by atoms with E-state index in [1.807, 2.05) is 0 Å². The molecular formula is C15H18F3NO4. The number of esters is 1. The van der Waals surface area contributed by atoms with E-state index in [0.717, 1.165) is 24.3 Å². The Morgan fingerprint density at radius 2 is 1.65 bits per heavy atom. The summed E-state index contributed by atoms with van der Waals surface area (Å²) in [7, 11) is 0. The lowest BCUT2D eigenvalue weighted by Crippen LogP contribution is -2.34. The molecule has 0 bridgehead atoms. The Hall–Kier alpha value is -2.25. The van der Waals surface area contributed by atoms with E-state index in [1.165, 1.54) is 0 Å². The molecule has 0 aliphatic rings. The van der Waals surface area contributed by atoms with Crippen LogP contribution in [0.25, 0.3) is 0 Å². The number of alkyl carbamates (subject to hydrolysis) is 1. The van der Waals surface area contributed by atoms with Crippen molar-refractivity contribution < 1.29 is 32.2 Å². The lowest BCUT2D eigenvalue weighted by molar-refractivity contribution is -0.137. The Labute approximate surface area is 131 Å². The van der Waals surface area contributed by atoms with Crippen LogP contribution in [-0.4, -0.2) is 30.8 Å². The molecule has 0 unspecified atom stereocenters. The van der Waals surface area contributed by atoms with Crippen molar-refractivity contribution in [1.82, 2.24) is 5.32 Å². The highest BCUT2D eigenvalue weighted by Crippen LogP contribution is 2.29. The molecule has 1 amide bonds. The molecular weight excluding hydrogens is 315 g/mol. The summed E-state index contributed by atoms with van der Waals surface area (Å²) < 4.78 is 47.0. The fraction of sp³-hybridized carbons (Fsp3) is 0.467. The van der Waals surface area contributed by atoms with Gasteiger partial charge in [-0.25, -0.2) is 9.59 Å². The first-order valence-electron chi connectivity index (χ1n) is 6.80. The zero-order valence-corrected chi connectivity index (χ0v) is 13.0. The Morgan fingerprint density at radius 3 is 2.13 bits per heavy atom. The number of alkyl halides is 3. The molecule has 0 saturated heterocycles. The molecule has 1 aromatic rings. The van der Waals surface area contributed by atoms with Crippen molar-refractivity contribution in [3.8, 4) is 0 Å². The van der Waals surface area contributed by atoms with Crippen LogP contribution in [0.3, 0.4) is 0 Å². The minimum atomic E-state index is -4.46. The molecule has 0 aliphatic heterocycles. The molecule has 0 spiro atoms. The highest BCUT2D eigenvalue weighted by molar-refractivity contribution is 5.89. The standard InChI is InChI=1S/C15H18F3NO4/c1-14(2,3)23-13(21)19-8-9-22-12(20)10-4-6-11(7-5-10)15(16,17)18/h4-7H,8-9H2,1-3H3,(H,19,21). The van der Waals surface area contributed by atoms with E-state index < -0.39 is 29.4 Å². The fourth-order valence-corrected chi connectivity index (χ4v) is 1.49. The van der Waals surface area contributed by atoms with E-state index in [1.54, 1.807) is 20.8 Å². The number of ether oxygens (including phenoxy) is 2. The van der Waals surface area contributed by atoms with E-state index in [-0.39, 0.29) is 18.7 Å². The SMILES string of the molecule is CC(C)(C)OC(=O)NCCOC(=O)c1ccc(C(F)(F)F)cc1. The number of amides is 1. The van der Waals surface area contributed by atoms with Crippen molar-refractivity contribution in [2.75, 3.05) is 13.2 Å². The molecule has 128 valence electrons. The van der Waals surface area contributed by atoms with Gasteiger partial charge in [0.1, 0.15) is 12.2 Å². The molecule has 0 aromatic heterocycles. The summed E-state index contributed by atoms with van der Waals surface area (Å²) in [6, 6.07) is 3.67. The van der Waals surface area contributed by atoms with Crippen molar-refractivity contribution in [2.24, 2.45) is 0 Å². The average Bonchev–Trinajstić information content (AvgIpc) is 2.40. The van der Waals surface area contributed by atoms with Gasteiger partial charge >= 0.3 is 18.2 Å². The van der Waals surface area contributed by atoms with Gasteiger partial charge in [-0.1, -0.05) is 0 Å². The molecule has 23 heavy (non-hydrogen) atoms. The molecule has 5 nitrogen and oxygen atoms in total. The van der Waals surface area contributed by atoms with Crippen LogP contribution >= 0.6 is 0 Å². The number of hydrogen-bond acceptors (Lipinski definition) is 4. The first-order chi connectivity index (χ1) is 10.5. The molecule has 1 aromatic carbocycles. The normalized spacial score (nSPS) is 11.7. The largest absolute Gasteiger partial charge is 0.460 e. The average molecular weight is 333 g/mol. The van der Waals surface area contributed by atoms with Crippen LogP contribution in [0, 0.1) is 0 Å². The van der Waals surface area contributed by atoms with Gasteiger partial charge in [0.2, 0.25) is 0 Å². The van der Waals surface area contributed by atoms with Gasteiger partial charge in [-0.15, -0.1) is 0 Å². The lowest BCUT2D eigenvalue weighted by atomic mass is 10.1. The van der Waals surface area contributed by atoms with Crippen LogP contribution in [-0.2, 0) is 15.7 Å². The van der Waals surface area contributed by atoms with Crippen LogP contribution in [0.5, 0.6) is 0 Å². The number of carbonyl (C=O) groups is 2. The topological polar surface area (TPSA) is 64.6 Å². The molecule has 0 saturated carbocycles. The third kappa shape index (κ3) is 7.03. The highest BCUT2D eigenvalue weighted by atomic mass is 19.4. The second-order valence-corrected chi connectivity index (χ2v) is 5.64. The van der Waals surface area contributed by atoms with Gasteiger partial charge in [-0.3, -0.25) is 0 Å². The molecule has 0 heterocycles. The Bertz CT molecular complexity index is 547. The summed E-state index contributed by atoms with van der Waals surface area (Å²) in [5.41, 5.74) is -1.49. The van der Waals surface area contributed by atoms with Crippen LogP contribution < -0.4 is 5.32 Å². The Morgan fingerprint density at radius 1 is 1.09 bits per heavy atom. The summed E-state index contributed by atoms with van der Waals surface area (Å²) in [5, 5.41) is 2.39. The van der Waals surface area contributed by atoms with Crippen molar-refractivity contribution >= 4 is 12.1 Å². The van der Waals surface area contributed by atoms with E-state index in [2.05, 4.69) is 5.32 Å². The van der Waals surface area contributed by atoms with Crippen molar-refractivity contribution in [1.29, 1.82) is 0 Å². The minimum absolute atomic E-state index is 0.00438. The summed E-state index contributed by atoms with van der Waals surface area (Å²) in [6.45, 7) is 5.02. The van der Waals surface area contributed by atoms with Gasteiger partial charge in [0.15, 0.2) is 0 Å². The zero-order chi connectivity index (χ0) is 17.7. The number of hydrogen-bond donors (Lipinski definition) is 1. The number of carbonyl (C=O) groups excluding carboxylic acids is 2. The van der Waals surface area contributed by atoms with Crippen LogP contribution in [0.4, 0.5) is 18.0 Å². The molecule has 1 N–H and O–H groups in total. The van der Waals surface area contributed by atoms with Gasteiger partial charge in [-0.2, -0.15) is 13.2 Å². The first kappa shape index (κ1) is 18.8. The van der Waals surface area contributed by atoms with Crippen LogP contribution in [0.15, 0.2) is 24.3 Å². The molecule has 0 atom stereocenters. The predicted octanol–water partition coefficient (Wildman–Crippen LogP) is 3.39. The molecule has 0 aliphatic carbocycles. The maximum Gasteiger partial charge on any atom is 0.416 e. The van der Waals surface area contributed by atoms with Crippen molar-refractivity contribution in [3.05, 3.63) is 35.4 Å². The van der Waals surface area contributed by atoms with E-state index in [4.69, 9.17) is 9.47 Å². The Kier molecular flexibility index (Phi) is 6.00. The summed E-state index contributed by atoms with van der Waals surface area (Å²) in [5.74, 6) is -0.773. The summed E-state index contributed by atoms with van der Waals surface area (Å²) in [4.78, 5) is 23.0. The van der Waals surface area contributed by atoms with Crippen LogP contribution in [0.1, 0.15) is 36.7 Å². The number of nitrogens with one attached hydrogen (secondary N) is 1. The van der Waals surface area contributed by atoms with E-state index in [0.29, 0.717) is 0 Å². The summed E-state index contributed by atoms with van der Waals surface area (Å²) in [6.07, 6.45) is -5.11. The third-order valence-electron chi connectivity index (χ3n) is 2.45. The zero-order valence-electron chi connectivity index (χ0n) is 13.0. The number of benzene rings is 1. The highest BCUT2D eigenvalue weighted by Gasteiger charge is 2.30. The molecule has 0 fully saturated rings. The van der Waals surface area contributed by atoms with Gasteiger partial charge in [0.25, 0.3) is 0 Å². The summed E-state index contributed by atoms with van der Waals surface area (Å²) >= 11 is 0. The van der Waals surface area contributed by atoms with Crippen molar-refractivity contribution in [2.45, 2.75) is 32.5 Å². The predicted molar refractivity (Wildman–Crippen MR) is 76.0 cm³/mol. The second kappa shape index (κ2) is 7.34. The first-order valence-corrected chi connectivity index (χ1v) is 6.80. The third-order valence-corrected chi connectivity index (χ3v) is 2.45. The molecule has 1 rings (SSSR count). The van der Waals surface area contributed by atoms with E-state index >= 15 is 0 Å². The molecule has 0 radical (unpaired) electrons.